The smallest absolute Gasteiger partial charge is 0.0415 e. The Labute approximate surface area is 79.5 Å². The van der Waals surface area contributed by atoms with Gasteiger partial charge >= 0.3 is 0 Å². The lowest BCUT2D eigenvalue weighted by Gasteiger charge is -2.17. The van der Waals surface area contributed by atoms with E-state index in [1.165, 1.54) is 11.3 Å². The van der Waals surface area contributed by atoms with E-state index in [4.69, 9.17) is 0 Å². The van der Waals surface area contributed by atoms with Crippen molar-refractivity contribution < 1.29 is 0 Å². The summed E-state index contributed by atoms with van der Waals surface area (Å²) in [4.78, 5) is 0. The SMILES string of the molecule is CC1C=Cc2ccccc2NC1C. The zero-order chi connectivity index (χ0) is 9.26. The second-order valence-electron chi connectivity index (χ2n) is 3.74. The van der Waals surface area contributed by atoms with Gasteiger partial charge in [0.05, 0.1) is 0 Å². The number of para-hydroxylation sites is 1. The molecule has 1 heteroatoms. The van der Waals surface area contributed by atoms with E-state index in [0.29, 0.717) is 12.0 Å². The van der Waals surface area contributed by atoms with Crippen LogP contribution in [0.25, 0.3) is 6.08 Å². The number of fused-ring (bicyclic) bond motifs is 1. The highest BCUT2D eigenvalue weighted by Crippen LogP contribution is 2.24. The summed E-state index contributed by atoms with van der Waals surface area (Å²) in [6.45, 7) is 4.46. The summed E-state index contributed by atoms with van der Waals surface area (Å²) in [5.41, 5.74) is 2.54. The van der Waals surface area contributed by atoms with Crippen LogP contribution in [0.5, 0.6) is 0 Å². The molecule has 1 nitrogen and oxygen atoms in total. The van der Waals surface area contributed by atoms with E-state index in [9.17, 15) is 0 Å². The Kier molecular flexibility index (Phi) is 2.09. The molecule has 0 saturated heterocycles. The van der Waals surface area contributed by atoms with Gasteiger partial charge < -0.3 is 5.32 Å². The molecule has 2 rings (SSSR count). The molecule has 2 unspecified atom stereocenters. The van der Waals surface area contributed by atoms with Gasteiger partial charge in [-0.3, -0.25) is 0 Å². The van der Waals surface area contributed by atoms with Crippen molar-refractivity contribution in [2.75, 3.05) is 5.32 Å². The van der Waals surface area contributed by atoms with E-state index in [-0.39, 0.29) is 0 Å². The predicted molar refractivity (Wildman–Crippen MR) is 57.7 cm³/mol. The molecule has 13 heavy (non-hydrogen) atoms. The third-order valence-electron chi connectivity index (χ3n) is 2.71. The highest BCUT2D eigenvalue weighted by molar-refractivity contribution is 5.68. The first kappa shape index (κ1) is 8.36. The fraction of sp³-hybridized carbons (Fsp3) is 0.333. The molecule has 1 aliphatic heterocycles. The lowest BCUT2D eigenvalue weighted by atomic mass is 10.0. The molecule has 2 atom stereocenters. The Balaban J connectivity index is 2.40. The Morgan fingerprint density at radius 2 is 1.92 bits per heavy atom. The van der Waals surface area contributed by atoms with Crippen LogP contribution in [0.4, 0.5) is 5.69 Å². The van der Waals surface area contributed by atoms with Gasteiger partial charge in [-0.05, 0) is 24.5 Å². The quantitative estimate of drug-likeness (QED) is 0.635. The maximum Gasteiger partial charge on any atom is 0.0415 e. The summed E-state index contributed by atoms with van der Waals surface area (Å²) in [7, 11) is 0. The van der Waals surface area contributed by atoms with Gasteiger partial charge in [-0.2, -0.15) is 0 Å². The first-order valence-corrected chi connectivity index (χ1v) is 4.81. The number of hydrogen-bond acceptors (Lipinski definition) is 1. The molecule has 0 fully saturated rings. The minimum absolute atomic E-state index is 0.514. The average molecular weight is 173 g/mol. The van der Waals surface area contributed by atoms with Crippen molar-refractivity contribution in [1.82, 2.24) is 0 Å². The van der Waals surface area contributed by atoms with Crippen molar-refractivity contribution in [3.05, 3.63) is 35.9 Å². The first-order valence-electron chi connectivity index (χ1n) is 4.81. The van der Waals surface area contributed by atoms with Gasteiger partial charge in [-0.1, -0.05) is 37.3 Å². The molecule has 0 radical (unpaired) electrons. The van der Waals surface area contributed by atoms with Crippen LogP contribution in [0.15, 0.2) is 30.3 Å². The number of rotatable bonds is 0. The molecule has 68 valence electrons. The maximum absolute atomic E-state index is 3.51. The van der Waals surface area contributed by atoms with Gasteiger partial charge in [0.15, 0.2) is 0 Å². The fourth-order valence-corrected chi connectivity index (χ4v) is 1.57. The average Bonchev–Trinajstić information content (AvgIpc) is 2.28. The van der Waals surface area contributed by atoms with Crippen LogP contribution >= 0.6 is 0 Å². The van der Waals surface area contributed by atoms with E-state index in [0.717, 1.165) is 0 Å². The topological polar surface area (TPSA) is 12.0 Å². The van der Waals surface area contributed by atoms with Crippen LogP contribution < -0.4 is 5.32 Å². The van der Waals surface area contributed by atoms with Crippen LogP contribution in [-0.2, 0) is 0 Å². The highest BCUT2D eigenvalue weighted by atomic mass is 14.9. The van der Waals surface area contributed by atoms with Crippen LogP contribution in [-0.4, -0.2) is 6.04 Å². The van der Waals surface area contributed by atoms with E-state index in [1.54, 1.807) is 0 Å². The monoisotopic (exact) mass is 173 g/mol. The largest absolute Gasteiger partial charge is 0.382 e. The molecule has 1 aliphatic rings. The Hall–Kier alpha value is -1.24. The zero-order valence-electron chi connectivity index (χ0n) is 8.12. The second kappa shape index (κ2) is 3.25. The Morgan fingerprint density at radius 3 is 2.77 bits per heavy atom. The van der Waals surface area contributed by atoms with Gasteiger partial charge in [-0.25, -0.2) is 0 Å². The summed E-state index contributed by atoms with van der Waals surface area (Å²) in [5, 5.41) is 3.51. The van der Waals surface area contributed by atoms with Crippen LogP contribution in [0.2, 0.25) is 0 Å². The summed E-state index contributed by atoms with van der Waals surface area (Å²) in [6, 6.07) is 8.94. The van der Waals surface area contributed by atoms with Crippen LogP contribution in [0.3, 0.4) is 0 Å². The third-order valence-corrected chi connectivity index (χ3v) is 2.71. The molecule has 0 bridgehead atoms. The van der Waals surface area contributed by atoms with E-state index >= 15 is 0 Å². The number of benzene rings is 1. The second-order valence-corrected chi connectivity index (χ2v) is 3.74. The molecule has 1 heterocycles. The maximum atomic E-state index is 3.51. The van der Waals surface area contributed by atoms with Crippen molar-refractivity contribution in [2.24, 2.45) is 5.92 Å². The summed E-state index contributed by atoms with van der Waals surface area (Å²) in [6.07, 6.45) is 4.47. The molecule has 1 N–H and O–H groups in total. The number of anilines is 1. The lowest BCUT2D eigenvalue weighted by Crippen LogP contribution is -2.21. The standard InChI is InChI=1S/C12H15N/c1-9-7-8-11-5-3-4-6-12(11)13-10(9)2/h3-10,13H,1-2H3. The van der Waals surface area contributed by atoms with Gasteiger partial charge in [-0.15, -0.1) is 0 Å². The fourth-order valence-electron chi connectivity index (χ4n) is 1.57. The summed E-state index contributed by atoms with van der Waals surface area (Å²) >= 11 is 0. The summed E-state index contributed by atoms with van der Waals surface area (Å²) < 4.78 is 0. The Bertz CT molecular complexity index is 328. The van der Waals surface area contributed by atoms with Gasteiger partial charge in [0.2, 0.25) is 0 Å². The first-order chi connectivity index (χ1) is 6.27. The van der Waals surface area contributed by atoms with Gasteiger partial charge in [0.25, 0.3) is 0 Å². The molecular weight excluding hydrogens is 158 g/mol. The lowest BCUT2D eigenvalue weighted by molar-refractivity contribution is 0.623. The normalized spacial score (nSPS) is 26.0. The molecule has 1 aromatic rings. The van der Waals surface area contributed by atoms with Crippen LogP contribution in [0.1, 0.15) is 19.4 Å². The van der Waals surface area contributed by atoms with Crippen molar-refractivity contribution in [3.63, 3.8) is 0 Å². The van der Waals surface area contributed by atoms with Gasteiger partial charge in [0.1, 0.15) is 0 Å². The number of hydrogen-bond donors (Lipinski definition) is 1. The molecule has 0 saturated carbocycles. The van der Waals surface area contributed by atoms with Crippen LogP contribution in [0, 0.1) is 5.92 Å². The van der Waals surface area contributed by atoms with E-state index < -0.39 is 0 Å². The molecule has 0 spiro atoms. The van der Waals surface area contributed by atoms with E-state index in [2.05, 4.69) is 55.6 Å². The predicted octanol–water partition coefficient (Wildman–Crippen LogP) is 3.15. The van der Waals surface area contributed by atoms with Gasteiger partial charge in [0, 0.05) is 11.7 Å². The van der Waals surface area contributed by atoms with Crippen molar-refractivity contribution in [3.8, 4) is 0 Å². The zero-order valence-corrected chi connectivity index (χ0v) is 8.12. The summed E-state index contributed by atoms with van der Waals surface area (Å²) in [5.74, 6) is 0.590. The minimum Gasteiger partial charge on any atom is -0.382 e. The Morgan fingerprint density at radius 1 is 1.15 bits per heavy atom. The van der Waals surface area contributed by atoms with Crippen molar-refractivity contribution in [2.45, 2.75) is 19.9 Å². The van der Waals surface area contributed by atoms with Crippen molar-refractivity contribution in [1.29, 1.82) is 0 Å². The highest BCUT2D eigenvalue weighted by Gasteiger charge is 2.13. The van der Waals surface area contributed by atoms with E-state index in [1.807, 2.05) is 0 Å². The molecule has 1 aromatic carbocycles. The third kappa shape index (κ3) is 1.59. The molecular formula is C12H15N. The molecule has 0 aromatic heterocycles. The minimum atomic E-state index is 0.514. The molecule has 0 amide bonds. The van der Waals surface area contributed by atoms with Crippen molar-refractivity contribution >= 4 is 11.8 Å². The number of nitrogens with one attached hydrogen (secondary N) is 1. The molecule has 0 aliphatic carbocycles.